The Hall–Kier alpha value is -4.74. The monoisotopic (exact) mass is 476 g/mol. The van der Waals surface area contributed by atoms with Crippen molar-refractivity contribution in [2.75, 3.05) is 18.9 Å². The van der Waals surface area contributed by atoms with Crippen LogP contribution in [0, 0.1) is 0 Å². The van der Waals surface area contributed by atoms with Crippen molar-refractivity contribution in [2.24, 2.45) is 5.10 Å². The van der Waals surface area contributed by atoms with Gasteiger partial charge in [0.1, 0.15) is 17.2 Å². The van der Waals surface area contributed by atoms with Gasteiger partial charge in [-0.1, -0.05) is 17.3 Å². The fourth-order valence-electron chi connectivity index (χ4n) is 3.35. The van der Waals surface area contributed by atoms with E-state index in [0.717, 1.165) is 5.56 Å². The van der Waals surface area contributed by atoms with E-state index in [0.29, 0.717) is 41.7 Å². The zero-order valence-corrected chi connectivity index (χ0v) is 19.4. The summed E-state index contributed by atoms with van der Waals surface area (Å²) in [6.07, 6.45) is 0. The number of amides is 1. The SMILES string of the molecule is CCOc1ccc(-c2c(C(=O)NN=C(C)c3ccccc3OCC)nnn2-c2nonc2N)cc1. The standard InChI is InChI=1S/C23H24N8O4/c1-4-33-16-12-10-15(11-13-16)20-19(26-30-31(20)22-21(24)28-35-29-22)23(32)27-25-14(3)17-8-6-7-9-18(17)34-5-2/h6-13H,4-5H2,1-3H3,(H2,24,28)(H,27,32). The second kappa shape index (κ2) is 10.5. The summed E-state index contributed by atoms with van der Waals surface area (Å²) in [5.41, 5.74) is 10.7. The molecule has 2 aromatic heterocycles. The molecule has 0 bridgehead atoms. The van der Waals surface area contributed by atoms with E-state index < -0.39 is 5.91 Å². The number of nitrogens with two attached hydrogens (primary N) is 1. The van der Waals surface area contributed by atoms with Gasteiger partial charge in [0.05, 0.1) is 18.9 Å². The average molecular weight is 476 g/mol. The lowest BCUT2D eigenvalue weighted by Crippen LogP contribution is -2.21. The van der Waals surface area contributed by atoms with Gasteiger partial charge < -0.3 is 15.2 Å². The maximum absolute atomic E-state index is 13.1. The van der Waals surface area contributed by atoms with Crippen LogP contribution in [0.1, 0.15) is 36.8 Å². The van der Waals surface area contributed by atoms with Crippen LogP contribution in [0.3, 0.4) is 0 Å². The Bertz CT molecular complexity index is 1340. The van der Waals surface area contributed by atoms with Gasteiger partial charge in [0.15, 0.2) is 5.69 Å². The van der Waals surface area contributed by atoms with E-state index >= 15 is 0 Å². The smallest absolute Gasteiger partial charge is 0.294 e. The first-order valence-electron chi connectivity index (χ1n) is 10.9. The number of anilines is 1. The van der Waals surface area contributed by atoms with Gasteiger partial charge in [0.25, 0.3) is 5.91 Å². The van der Waals surface area contributed by atoms with Crippen molar-refractivity contribution >= 4 is 17.4 Å². The van der Waals surface area contributed by atoms with Crippen LogP contribution < -0.4 is 20.6 Å². The second-order valence-corrected chi connectivity index (χ2v) is 7.20. The van der Waals surface area contributed by atoms with E-state index in [4.69, 9.17) is 19.8 Å². The summed E-state index contributed by atoms with van der Waals surface area (Å²) in [5.74, 6) is 0.863. The molecule has 0 fully saturated rings. The van der Waals surface area contributed by atoms with Gasteiger partial charge in [-0.25, -0.2) is 10.1 Å². The van der Waals surface area contributed by atoms with Crippen LogP contribution in [0.2, 0.25) is 0 Å². The van der Waals surface area contributed by atoms with Gasteiger partial charge in [0.2, 0.25) is 11.6 Å². The van der Waals surface area contributed by atoms with Gasteiger partial charge in [-0.05, 0) is 67.5 Å². The van der Waals surface area contributed by atoms with Gasteiger partial charge >= 0.3 is 0 Å². The van der Waals surface area contributed by atoms with Gasteiger partial charge in [0, 0.05) is 11.1 Å². The number of rotatable bonds is 9. The number of hydrogen-bond acceptors (Lipinski definition) is 10. The molecule has 0 unspecified atom stereocenters. The minimum Gasteiger partial charge on any atom is -0.494 e. The fourth-order valence-corrected chi connectivity index (χ4v) is 3.35. The summed E-state index contributed by atoms with van der Waals surface area (Å²) in [6.45, 7) is 6.59. The molecule has 0 saturated heterocycles. The van der Waals surface area contributed by atoms with E-state index in [1.807, 2.05) is 38.1 Å². The first kappa shape index (κ1) is 23.4. The van der Waals surface area contributed by atoms with Gasteiger partial charge in [-0.15, -0.1) is 5.10 Å². The molecule has 0 aliphatic heterocycles. The molecule has 1 amide bonds. The first-order valence-corrected chi connectivity index (χ1v) is 10.9. The summed E-state index contributed by atoms with van der Waals surface area (Å²) in [4.78, 5) is 13.1. The summed E-state index contributed by atoms with van der Waals surface area (Å²) in [7, 11) is 0. The molecule has 2 heterocycles. The molecule has 12 nitrogen and oxygen atoms in total. The quantitative estimate of drug-likeness (QED) is 0.274. The van der Waals surface area contributed by atoms with Crippen LogP contribution in [0.25, 0.3) is 17.1 Å². The Labute approximate surface area is 200 Å². The number of aromatic nitrogens is 5. The normalized spacial score (nSPS) is 11.3. The van der Waals surface area contributed by atoms with Crippen molar-refractivity contribution in [1.82, 2.24) is 30.7 Å². The summed E-state index contributed by atoms with van der Waals surface area (Å²) >= 11 is 0. The molecular weight excluding hydrogens is 452 g/mol. The van der Waals surface area contributed by atoms with E-state index in [-0.39, 0.29) is 17.3 Å². The molecule has 3 N–H and O–H groups in total. The molecule has 0 spiro atoms. The predicted molar refractivity (Wildman–Crippen MR) is 128 cm³/mol. The number of hydrogen-bond donors (Lipinski definition) is 2. The lowest BCUT2D eigenvalue weighted by molar-refractivity contribution is 0.0950. The molecule has 0 aliphatic carbocycles. The molecular formula is C23H24N8O4. The third-order valence-corrected chi connectivity index (χ3v) is 4.92. The lowest BCUT2D eigenvalue weighted by atomic mass is 10.1. The third kappa shape index (κ3) is 4.95. The highest BCUT2D eigenvalue weighted by atomic mass is 16.6. The van der Waals surface area contributed by atoms with E-state index in [1.54, 1.807) is 31.2 Å². The zero-order valence-electron chi connectivity index (χ0n) is 19.4. The highest BCUT2D eigenvalue weighted by Crippen LogP contribution is 2.28. The number of hydrazone groups is 1. The van der Waals surface area contributed by atoms with Crippen molar-refractivity contribution in [3.8, 4) is 28.6 Å². The molecule has 4 rings (SSSR count). The molecule has 35 heavy (non-hydrogen) atoms. The summed E-state index contributed by atoms with van der Waals surface area (Å²) in [5, 5.41) is 19.7. The van der Waals surface area contributed by atoms with Gasteiger partial charge in [-0.2, -0.15) is 9.78 Å². The number of carbonyl (C=O) groups is 1. The molecule has 12 heteroatoms. The minimum atomic E-state index is -0.580. The zero-order chi connectivity index (χ0) is 24.8. The van der Waals surface area contributed by atoms with Crippen molar-refractivity contribution in [2.45, 2.75) is 20.8 Å². The van der Waals surface area contributed by atoms with Gasteiger partial charge in [-0.3, -0.25) is 4.79 Å². The van der Waals surface area contributed by atoms with Crippen LogP contribution >= 0.6 is 0 Å². The number of ether oxygens (including phenoxy) is 2. The van der Waals surface area contributed by atoms with Crippen LogP contribution in [0.5, 0.6) is 11.5 Å². The summed E-state index contributed by atoms with van der Waals surface area (Å²) in [6, 6.07) is 14.5. The van der Waals surface area contributed by atoms with Crippen LogP contribution in [-0.4, -0.2) is 50.1 Å². The molecule has 0 radical (unpaired) electrons. The van der Waals surface area contributed by atoms with Crippen LogP contribution in [0.4, 0.5) is 5.82 Å². The largest absolute Gasteiger partial charge is 0.494 e. The van der Waals surface area contributed by atoms with Crippen LogP contribution in [-0.2, 0) is 0 Å². The Morgan fingerprint density at radius 1 is 1.09 bits per heavy atom. The van der Waals surface area contributed by atoms with E-state index in [9.17, 15) is 4.79 Å². The van der Waals surface area contributed by atoms with Crippen molar-refractivity contribution < 1.29 is 18.9 Å². The van der Waals surface area contributed by atoms with E-state index in [1.165, 1.54) is 4.68 Å². The minimum absolute atomic E-state index is 0.00422. The van der Waals surface area contributed by atoms with Crippen molar-refractivity contribution in [3.63, 3.8) is 0 Å². The Kier molecular flexibility index (Phi) is 7.00. The second-order valence-electron chi connectivity index (χ2n) is 7.20. The van der Waals surface area contributed by atoms with E-state index in [2.05, 4.69) is 31.2 Å². The number of carbonyl (C=O) groups excluding carboxylic acids is 1. The highest BCUT2D eigenvalue weighted by molar-refractivity contribution is 6.03. The highest BCUT2D eigenvalue weighted by Gasteiger charge is 2.25. The first-order chi connectivity index (χ1) is 17.0. The molecule has 180 valence electrons. The van der Waals surface area contributed by atoms with Crippen LogP contribution in [0.15, 0.2) is 58.3 Å². The third-order valence-electron chi connectivity index (χ3n) is 4.92. The Morgan fingerprint density at radius 2 is 1.83 bits per heavy atom. The Balaban J connectivity index is 1.69. The number of nitrogen functional groups attached to an aromatic ring is 1. The molecule has 4 aromatic rings. The Morgan fingerprint density at radius 3 is 2.51 bits per heavy atom. The molecule has 2 aromatic carbocycles. The van der Waals surface area contributed by atoms with Crippen molar-refractivity contribution in [3.05, 3.63) is 59.8 Å². The fraction of sp³-hybridized carbons (Fsp3) is 0.217. The molecule has 0 saturated carbocycles. The number of nitrogens with zero attached hydrogens (tertiary/aromatic N) is 6. The number of benzene rings is 2. The average Bonchev–Trinajstić information content (AvgIpc) is 3.49. The summed E-state index contributed by atoms with van der Waals surface area (Å²) < 4.78 is 17.1. The maximum atomic E-state index is 13.1. The predicted octanol–water partition coefficient (Wildman–Crippen LogP) is 2.85. The lowest BCUT2D eigenvalue weighted by Gasteiger charge is -2.10. The van der Waals surface area contributed by atoms with Crippen molar-refractivity contribution in [1.29, 1.82) is 0 Å². The number of nitrogens with one attached hydrogen (secondary N) is 1. The molecule has 0 atom stereocenters. The topological polar surface area (TPSA) is 156 Å². The maximum Gasteiger partial charge on any atom is 0.294 e. The molecule has 0 aliphatic rings. The number of para-hydroxylation sites is 1.